The molecule has 1 aromatic rings. The van der Waals surface area contributed by atoms with E-state index in [0.29, 0.717) is 23.8 Å². The van der Waals surface area contributed by atoms with Gasteiger partial charge in [0.2, 0.25) is 0 Å². The number of hydrogen-bond acceptors (Lipinski definition) is 5. The van der Waals surface area contributed by atoms with Crippen LogP contribution >= 0.6 is 11.5 Å². The maximum absolute atomic E-state index is 11.0. The Morgan fingerprint density at radius 3 is 2.94 bits per heavy atom. The number of nitrogens with one attached hydrogen (secondary N) is 1. The summed E-state index contributed by atoms with van der Waals surface area (Å²) in [6.07, 6.45) is 2.17. The number of anilines is 1. The number of unbranched alkanes of at least 4 members (excludes halogenated alkanes) is 1. The zero-order valence-electron chi connectivity index (χ0n) is 10.2. The molecule has 2 N–H and O–H groups in total. The second kappa shape index (κ2) is 7.24. The van der Waals surface area contributed by atoms with Gasteiger partial charge in [0, 0.05) is 13.2 Å². The third-order valence-electron chi connectivity index (χ3n) is 2.25. The van der Waals surface area contributed by atoms with Gasteiger partial charge in [-0.15, -0.1) is 0 Å². The average molecular weight is 258 g/mol. The fourth-order valence-corrected chi connectivity index (χ4v) is 2.14. The molecule has 0 aliphatic rings. The molecule has 0 aliphatic carbocycles. The molecule has 1 aromatic heterocycles. The van der Waals surface area contributed by atoms with Crippen molar-refractivity contribution < 1.29 is 14.6 Å². The normalized spacial score (nSPS) is 10.5. The van der Waals surface area contributed by atoms with E-state index in [1.54, 1.807) is 6.92 Å². The van der Waals surface area contributed by atoms with Crippen LogP contribution < -0.4 is 5.32 Å². The summed E-state index contributed by atoms with van der Waals surface area (Å²) >= 11 is 1.18. The lowest BCUT2D eigenvalue weighted by molar-refractivity contribution is 0.0697. The van der Waals surface area contributed by atoms with Gasteiger partial charge in [0.05, 0.1) is 12.3 Å². The highest BCUT2D eigenvalue weighted by Gasteiger charge is 2.16. The predicted molar refractivity (Wildman–Crippen MR) is 68.0 cm³/mol. The molecule has 1 rings (SSSR count). The summed E-state index contributed by atoms with van der Waals surface area (Å²) in [5.41, 5.74) is 0.820. The smallest absolute Gasteiger partial charge is 0.340 e. The minimum atomic E-state index is -0.939. The lowest BCUT2D eigenvalue weighted by Crippen LogP contribution is -2.11. The van der Waals surface area contributed by atoms with Crippen LogP contribution in [0.4, 0.5) is 5.00 Å². The highest BCUT2D eigenvalue weighted by molar-refractivity contribution is 7.10. The topological polar surface area (TPSA) is 71.5 Å². The highest BCUT2D eigenvalue weighted by Crippen LogP contribution is 2.23. The molecule has 0 unspecified atom stereocenters. The number of aryl methyl sites for hydroxylation is 1. The first-order chi connectivity index (χ1) is 8.16. The number of aromatic nitrogens is 1. The van der Waals surface area contributed by atoms with Gasteiger partial charge in [-0.1, -0.05) is 13.3 Å². The molecule has 0 bridgehead atoms. The van der Waals surface area contributed by atoms with Crippen molar-refractivity contribution in [2.24, 2.45) is 0 Å². The number of hydrogen-bond donors (Lipinski definition) is 2. The first-order valence-corrected chi connectivity index (χ1v) is 6.45. The van der Waals surface area contributed by atoms with E-state index in [1.165, 1.54) is 11.5 Å². The molecule has 0 fully saturated rings. The maximum Gasteiger partial charge on any atom is 0.340 e. The van der Waals surface area contributed by atoms with E-state index in [0.717, 1.165) is 19.4 Å². The summed E-state index contributed by atoms with van der Waals surface area (Å²) in [5.74, 6) is -0.939. The third kappa shape index (κ3) is 4.32. The second-order valence-electron chi connectivity index (χ2n) is 3.67. The molecule has 0 radical (unpaired) electrons. The van der Waals surface area contributed by atoms with Crippen LogP contribution in [0.25, 0.3) is 0 Å². The molecule has 0 spiro atoms. The Morgan fingerprint density at radius 2 is 2.29 bits per heavy atom. The minimum Gasteiger partial charge on any atom is -0.478 e. The van der Waals surface area contributed by atoms with Crippen molar-refractivity contribution in [2.75, 3.05) is 25.1 Å². The van der Waals surface area contributed by atoms with Crippen LogP contribution in [0.1, 0.15) is 35.8 Å². The van der Waals surface area contributed by atoms with E-state index >= 15 is 0 Å². The lowest BCUT2D eigenvalue weighted by Gasteiger charge is -2.05. The quantitative estimate of drug-likeness (QED) is 0.700. The van der Waals surface area contributed by atoms with Gasteiger partial charge in [-0.3, -0.25) is 0 Å². The molecule has 0 atom stereocenters. The van der Waals surface area contributed by atoms with Crippen molar-refractivity contribution in [3.8, 4) is 0 Å². The minimum absolute atomic E-state index is 0.267. The van der Waals surface area contributed by atoms with Gasteiger partial charge >= 0.3 is 5.97 Å². The van der Waals surface area contributed by atoms with Crippen molar-refractivity contribution >= 4 is 22.5 Å². The molecule has 0 saturated heterocycles. The summed E-state index contributed by atoms with van der Waals surface area (Å²) in [6.45, 7) is 5.75. The van der Waals surface area contributed by atoms with Gasteiger partial charge < -0.3 is 15.2 Å². The molecule has 17 heavy (non-hydrogen) atoms. The SMILES string of the molecule is CCCCOCCNc1snc(C)c1C(=O)O. The molecule has 5 nitrogen and oxygen atoms in total. The fourth-order valence-electron chi connectivity index (χ4n) is 1.33. The van der Waals surface area contributed by atoms with E-state index in [1.807, 2.05) is 0 Å². The van der Waals surface area contributed by atoms with Gasteiger partial charge in [-0.05, 0) is 24.9 Å². The fraction of sp³-hybridized carbons (Fsp3) is 0.636. The molecular weight excluding hydrogens is 240 g/mol. The molecule has 0 saturated carbocycles. The van der Waals surface area contributed by atoms with E-state index in [2.05, 4.69) is 16.6 Å². The van der Waals surface area contributed by atoms with Crippen LogP contribution in [-0.4, -0.2) is 35.2 Å². The zero-order valence-corrected chi connectivity index (χ0v) is 11.0. The van der Waals surface area contributed by atoms with E-state index < -0.39 is 5.97 Å². The molecule has 0 amide bonds. The zero-order chi connectivity index (χ0) is 12.7. The monoisotopic (exact) mass is 258 g/mol. The van der Waals surface area contributed by atoms with Crippen LogP contribution in [0, 0.1) is 6.92 Å². The Hall–Kier alpha value is -1.14. The van der Waals surface area contributed by atoms with Crippen LogP contribution in [0.3, 0.4) is 0 Å². The van der Waals surface area contributed by atoms with E-state index in [4.69, 9.17) is 9.84 Å². The molecule has 0 aliphatic heterocycles. The molecular formula is C11H18N2O3S. The van der Waals surface area contributed by atoms with Gasteiger partial charge in [-0.25, -0.2) is 4.79 Å². The van der Waals surface area contributed by atoms with E-state index in [9.17, 15) is 4.79 Å². The Labute approximate surface area is 105 Å². The van der Waals surface area contributed by atoms with Crippen molar-refractivity contribution in [3.63, 3.8) is 0 Å². The Kier molecular flexibility index (Phi) is 5.93. The number of aromatic carboxylic acids is 1. The van der Waals surface area contributed by atoms with Crippen molar-refractivity contribution in [3.05, 3.63) is 11.3 Å². The Balaban J connectivity index is 2.34. The third-order valence-corrected chi connectivity index (χ3v) is 3.15. The van der Waals surface area contributed by atoms with Gasteiger partial charge in [-0.2, -0.15) is 4.37 Å². The van der Waals surface area contributed by atoms with Crippen LogP contribution in [-0.2, 0) is 4.74 Å². The summed E-state index contributed by atoms with van der Waals surface area (Å²) < 4.78 is 9.40. The average Bonchev–Trinajstić information content (AvgIpc) is 2.65. The summed E-state index contributed by atoms with van der Waals surface area (Å²) in [6, 6.07) is 0. The summed E-state index contributed by atoms with van der Waals surface area (Å²) in [7, 11) is 0. The Bertz CT molecular complexity index is 366. The second-order valence-corrected chi connectivity index (χ2v) is 4.44. The van der Waals surface area contributed by atoms with Crippen LogP contribution in [0.5, 0.6) is 0 Å². The maximum atomic E-state index is 11.0. The largest absolute Gasteiger partial charge is 0.478 e. The number of carboxylic acid groups (broad SMARTS) is 1. The molecule has 96 valence electrons. The predicted octanol–water partition coefficient (Wildman–Crippen LogP) is 2.38. The molecule has 0 aromatic carbocycles. The number of ether oxygens (including phenoxy) is 1. The lowest BCUT2D eigenvalue weighted by atomic mass is 10.2. The Morgan fingerprint density at radius 1 is 1.53 bits per heavy atom. The standard InChI is InChI=1S/C11H18N2O3S/c1-3-4-6-16-7-5-12-10-9(11(14)15)8(2)13-17-10/h12H,3-7H2,1-2H3,(H,14,15). The van der Waals surface area contributed by atoms with Gasteiger partial charge in [0.15, 0.2) is 0 Å². The number of rotatable bonds is 8. The van der Waals surface area contributed by atoms with Crippen molar-refractivity contribution in [2.45, 2.75) is 26.7 Å². The van der Waals surface area contributed by atoms with Crippen LogP contribution in [0.2, 0.25) is 0 Å². The first-order valence-electron chi connectivity index (χ1n) is 5.68. The van der Waals surface area contributed by atoms with E-state index in [-0.39, 0.29) is 5.56 Å². The first kappa shape index (κ1) is 13.9. The van der Waals surface area contributed by atoms with Gasteiger partial charge in [0.25, 0.3) is 0 Å². The highest BCUT2D eigenvalue weighted by atomic mass is 32.1. The van der Waals surface area contributed by atoms with Crippen molar-refractivity contribution in [1.29, 1.82) is 0 Å². The molecule has 6 heteroatoms. The van der Waals surface area contributed by atoms with Crippen LogP contribution in [0.15, 0.2) is 0 Å². The van der Waals surface area contributed by atoms with Crippen molar-refractivity contribution in [1.82, 2.24) is 4.37 Å². The number of carboxylic acids is 1. The summed E-state index contributed by atoms with van der Waals surface area (Å²) in [5, 5.41) is 12.7. The van der Waals surface area contributed by atoms with Gasteiger partial charge in [0.1, 0.15) is 10.6 Å². The number of nitrogens with zero attached hydrogens (tertiary/aromatic N) is 1. The number of carbonyl (C=O) groups is 1. The summed E-state index contributed by atoms with van der Waals surface area (Å²) in [4.78, 5) is 11.0. The molecule has 1 heterocycles.